The van der Waals surface area contributed by atoms with Crippen molar-refractivity contribution in [3.05, 3.63) is 96.5 Å². The third-order valence-electron chi connectivity index (χ3n) is 4.55. The van der Waals surface area contributed by atoms with E-state index in [-0.39, 0.29) is 0 Å². The fourth-order valence-corrected chi connectivity index (χ4v) is 3.88. The second-order valence-electron chi connectivity index (χ2n) is 6.63. The minimum Gasteiger partial charge on any atom is -0.339 e. The van der Waals surface area contributed by atoms with Crippen molar-refractivity contribution in [2.45, 2.75) is 0 Å². The molecule has 5 rings (SSSR count). The van der Waals surface area contributed by atoms with Crippen LogP contribution >= 0.6 is 11.3 Å². The van der Waals surface area contributed by atoms with Gasteiger partial charge in [0.25, 0.3) is 0 Å². The molecule has 3 aromatic heterocycles. The molecule has 0 aliphatic rings. The first-order chi connectivity index (χ1) is 14.8. The lowest BCUT2D eigenvalue weighted by molar-refractivity contribution is 1.04. The normalized spacial score (nSPS) is 10.7. The Bertz CT molecular complexity index is 1250. The van der Waals surface area contributed by atoms with Gasteiger partial charge < -0.3 is 5.32 Å². The zero-order valence-corrected chi connectivity index (χ0v) is 16.8. The summed E-state index contributed by atoms with van der Waals surface area (Å²) in [4.78, 5) is 9.12. The molecule has 0 bridgehead atoms. The van der Waals surface area contributed by atoms with E-state index >= 15 is 0 Å². The van der Waals surface area contributed by atoms with Crippen LogP contribution in [0.15, 0.2) is 96.5 Å². The first kappa shape index (κ1) is 18.1. The first-order valence-corrected chi connectivity index (χ1v) is 10.4. The number of hydrogen-bond donors (Lipinski definition) is 1. The van der Waals surface area contributed by atoms with Crippen LogP contribution in [0.4, 0.5) is 11.5 Å². The molecule has 30 heavy (non-hydrogen) atoms. The summed E-state index contributed by atoms with van der Waals surface area (Å²) >= 11 is 1.59. The Labute approximate surface area is 178 Å². The molecule has 144 valence electrons. The van der Waals surface area contributed by atoms with E-state index < -0.39 is 0 Å². The average Bonchev–Trinajstić information content (AvgIpc) is 3.32. The van der Waals surface area contributed by atoms with Crippen molar-refractivity contribution in [3.8, 4) is 33.2 Å². The molecule has 0 spiro atoms. The molecule has 5 aromatic rings. The van der Waals surface area contributed by atoms with Gasteiger partial charge in [0, 0.05) is 28.4 Å². The van der Waals surface area contributed by atoms with Gasteiger partial charge in [0.05, 0.1) is 17.1 Å². The largest absolute Gasteiger partial charge is 0.339 e. The molecule has 2 aromatic carbocycles. The van der Waals surface area contributed by atoms with Crippen molar-refractivity contribution in [1.29, 1.82) is 0 Å². The van der Waals surface area contributed by atoms with E-state index in [2.05, 4.69) is 31.9 Å². The molecule has 0 aliphatic heterocycles. The lowest BCUT2D eigenvalue weighted by Crippen LogP contribution is -1.96. The SMILES string of the molecule is c1ccc(-c2ccc(Nc3cccc(-c4csc(-c5ccccn5)n4)c3)nn2)cc1. The molecule has 0 aliphatic carbocycles. The molecule has 0 amide bonds. The Morgan fingerprint density at radius 1 is 0.667 bits per heavy atom. The van der Waals surface area contributed by atoms with E-state index in [9.17, 15) is 0 Å². The predicted molar refractivity (Wildman–Crippen MR) is 122 cm³/mol. The van der Waals surface area contributed by atoms with Crippen LogP contribution in [0.3, 0.4) is 0 Å². The summed E-state index contributed by atoms with van der Waals surface area (Å²) in [6, 6.07) is 27.9. The van der Waals surface area contributed by atoms with Gasteiger partial charge in [-0.2, -0.15) is 0 Å². The molecule has 1 N–H and O–H groups in total. The van der Waals surface area contributed by atoms with Gasteiger partial charge in [0.1, 0.15) is 5.01 Å². The second-order valence-corrected chi connectivity index (χ2v) is 7.49. The van der Waals surface area contributed by atoms with Crippen LogP contribution in [0.1, 0.15) is 0 Å². The van der Waals surface area contributed by atoms with Gasteiger partial charge in [-0.3, -0.25) is 4.98 Å². The molecule has 0 fully saturated rings. The molecular formula is C24H17N5S. The van der Waals surface area contributed by atoms with Crippen molar-refractivity contribution in [2.24, 2.45) is 0 Å². The second kappa shape index (κ2) is 8.23. The number of aromatic nitrogens is 4. The third kappa shape index (κ3) is 3.94. The minimum absolute atomic E-state index is 0.694. The number of nitrogens with zero attached hydrogens (tertiary/aromatic N) is 4. The molecule has 0 atom stereocenters. The lowest BCUT2D eigenvalue weighted by atomic mass is 10.1. The van der Waals surface area contributed by atoms with Crippen LogP contribution in [0.5, 0.6) is 0 Å². The fraction of sp³-hybridized carbons (Fsp3) is 0. The van der Waals surface area contributed by atoms with Crippen LogP contribution < -0.4 is 5.32 Å². The number of rotatable bonds is 5. The number of anilines is 2. The van der Waals surface area contributed by atoms with Crippen molar-refractivity contribution >= 4 is 22.8 Å². The quantitative estimate of drug-likeness (QED) is 0.383. The van der Waals surface area contributed by atoms with Crippen molar-refractivity contribution in [1.82, 2.24) is 20.2 Å². The Balaban J connectivity index is 1.35. The summed E-state index contributed by atoms with van der Waals surface area (Å²) in [6.07, 6.45) is 1.78. The summed E-state index contributed by atoms with van der Waals surface area (Å²) in [6.45, 7) is 0. The van der Waals surface area contributed by atoms with E-state index in [4.69, 9.17) is 4.98 Å². The molecule has 6 heteroatoms. The summed E-state index contributed by atoms with van der Waals surface area (Å²) in [5, 5.41) is 14.9. The number of hydrogen-bond acceptors (Lipinski definition) is 6. The van der Waals surface area contributed by atoms with Crippen molar-refractivity contribution in [2.75, 3.05) is 5.32 Å². The maximum atomic E-state index is 4.74. The Kier molecular flexibility index (Phi) is 4.98. The van der Waals surface area contributed by atoms with Crippen LogP contribution in [0, 0.1) is 0 Å². The topological polar surface area (TPSA) is 63.6 Å². The smallest absolute Gasteiger partial charge is 0.153 e. The van der Waals surface area contributed by atoms with Gasteiger partial charge in [-0.15, -0.1) is 21.5 Å². The van der Waals surface area contributed by atoms with Gasteiger partial charge in [0.2, 0.25) is 0 Å². The third-order valence-corrected chi connectivity index (χ3v) is 5.42. The number of pyridine rings is 1. The highest BCUT2D eigenvalue weighted by molar-refractivity contribution is 7.13. The van der Waals surface area contributed by atoms with Gasteiger partial charge in [-0.1, -0.05) is 48.5 Å². The monoisotopic (exact) mass is 407 g/mol. The highest BCUT2D eigenvalue weighted by atomic mass is 32.1. The van der Waals surface area contributed by atoms with Crippen LogP contribution in [0.2, 0.25) is 0 Å². The highest BCUT2D eigenvalue weighted by Crippen LogP contribution is 2.29. The predicted octanol–water partition coefficient (Wildman–Crippen LogP) is 6.07. The first-order valence-electron chi connectivity index (χ1n) is 9.49. The zero-order valence-electron chi connectivity index (χ0n) is 15.9. The highest BCUT2D eigenvalue weighted by Gasteiger charge is 2.08. The van der Waals surface area contributed by atoms with Crippen molar-refractivity contribution < 1.29 is 0 Å². The summed E-state index contributed by atoms with van der Waals surface area (Å²) in [5.41, 5.74) is 5.67. The van der Waals surface area contributed by atoms with Crippen LogP contribution in [0.25, 0.3) is 33.2 Å². The molecule has 0 saturated carbocycles. The lowest BCUT2D eigenvalue weighted by Gasteiger charge is -2.07. The molecule has 0 unspecified atom stereocenters. The Hall–Kier alpha value is -3.90. The fourth-order valence-electron chi connectivity index (χ4n) is 3.08. The van der Waals surface area contributed by atoms with Crippen LogP contribution in [-0.2, 0) is 0 Å². The average molecular weight is 408 g/mol. The molecule has 0 radical (unpaired) electrons. The molecule has 0 saturated heterocycles. The van der Waals surface area contributed by atoms with Gasteiger partial charge >= 0.3 is 0 Å². The standard InChI is InChI=1S/C24H17N5S/c1-2-7-17(8-3-1)20-12-13-23(29-28-20)26-19-10-6-9-18(15-19)22-16-30-24(27-22)21-11-4-5-14-25-21/h1-16H,(H,26,29). The summed E-state index contributed by atoms with van der Waals surface area (Å²) < 4.78 is 0. The van der Waals surface area contributed by atoms with E-state index in [0.29, 0.717) is 5.82 Å². The zero-order chi connectivity index (χ0) is 20.2. The van der Waals surface area contributed by atoms with Crippen LogP contribution in [-0.4, -0.2) is 20.2 Å². The van der Waals surface area contributed by atoms with Gasteiger partial charge in [0.15, 0.2) is 5.82 Å². The van der Waals surface area contributed by atoms with Crippen molar-refractivity contribution in [3.63, 3.8) is 0 Å². The van der Waals surface area contributed by atoms with E-state index in [0.717, 1.165) is 38.9 Å². The molecule has 3 heterocycles. The molecule has 5 nitrogen and oxygen atoms in total. The maximum absolute atomic E-state index is 4.74. The van der Waals surface area contributed by atoms with E-state index in [1.807, 2.05) is 78.9 Å². The van der Waals surface area contributed by atoms with Gasteiger partial charge in [-0.05, 0) is 36.4 Å². The van der Waals surface area contributed by atoms with Gasteiger partial charge in [-0.25, -0.2) is 4.98 Å². The van der Waals surface area contributed by atoms with E-state index in [1.165, 1.54) is 0 Å². The minimum atomic E-state index is 0.694. The summed E-state index contributed by atoms with van der Waals surface area (Å²) in [7, 11) is 0. The number of thiazole rings is 1. The number of benzene rings is 2. The molecular weight excluding hydrogens is 390 g/mol. The maximum Gasteiger partial charge on any atom is 0.153 e. The Morgan fingerprint density at radius 2 is 1.53 bits per heavy atom. The Morgan fingerprint density at radius 3 is 2.33 bits per heavy atom. The summed E-state index contributed by atoms with van der Waals surface area (Å²) in [5.74, 6) is 0.694. The number of nitrogens with one attached hydrogen (secondary N) is 1. The van der Waals surface area contributed by atoms with E-state index in [1.54, 1.807) is 17.5 Å².